The standard InChI is InChI=1S/C16H24N2/c1-5-17-11-7-10-14-13(3)18(4)16-12(2)8-6-9-15(14)16/h6,8-9,17H,5,7,10-11H2,1-4H3. The van der Waals surface area contributed by atoms with Gasteiger partial charge >= 0.3 is 0 Å². The minimum absolute atomic E-state index is 1.06. The van der Waals surface area contributed by atoms with Crippen molar-refractivity contribution in [3.05, 3.63) is 35.0 Å². The summed E-state index contributed by atoms with van der Waals surface area (Å²) in [7, 11) is 2.18. The highest BCUT2D eigenvalue weighted by Crippen LogP contribution is 2.28. The average Bonchev–Trinajstić information content (AvgIpc) is 2.60. The molecule has 18 heavy (non-hydrogen) atoms. The molecule has 98 valence electrons. The van der Waals surface area contributed by atoms with E-state index in [1.54, 1.807) is 0 Å². The van der Waals surface area contributed by atoms with Crippen LogP contribution in [0.2, 0.25) is 0 Å². The first kappa shape index (κ1) is 13.2. The molecule has 0 aliphatic rings. The van der Waals surface area contributed by atoms with Crippen LogP contribution in [0.3, 0.4) is 0 Å². The van der Waals surface area contributed by atoms with Crippen molar-refractivity contribution >= 4 is 10.9 Å². The van der Waals surface area contributed by atoms with Gasteiger partial charge in [0.1, 0.15) is 0 Å². The molecule has 0 aliphatic carbocycles. The van der Waals surface area contributed by atoms with Gasteiger partial charge in [0.05, 0.1) is 5.52 Å². The second-order valence-electron chi connectivity index (χ2n) is 5.05. The summed E-state index contributed by atoms with van der Waals surface area (Å²) in [6, 6.07) is 6.63. The molecule has 0 saturated carbocycles. The Bertz CT molecular complexity index is 538. The summed E-state index contributed by atoms with van der Waals surface area (Å²) in [6.07, 6.45) is 2.38. The monoisotopic (exact) mass is 244 g/mol. The molecule has 0 spiro atoms. The van der Waals surface area contributed by atoms with Crippen molar-refractivity contribution in [1.29, 1.82) is 0 Å². The minimum Gasteiger partial charge on any atom is -0.347 e. The number of aryl methyl sites for hydroxylation is 3. The number of rotatable bonds is 5. The molecule has 1 heterocycles. The van der Waals surface area contributed by atoms with Crippen molar-refractivity contribution in [2.45, 2.75) is 33.6 Å². The van der Waals surface area contributed by atoms with Gasteiger partial charge in [-0.1, -0.05) is 25.1 Å². The smallest absolute Gasteiger partial charge is 0.0512 e. The third-order valence-electron chi connectivity index (χ3n) is 3.87. The molecule has 0 amide bonds. The molecule has 0 bridgehead atoms. The minimum atomic E-state index is 1.06. The molecule has 2 heteroatoms. The van der Waals surface area contributed by atoms with Crippen molar-refractivity contribution in [3.63, 3.8) is 0 Å². The number of nitrogens with one attached hydrogen (secondary N) is 1. The number of aromatic nitrogens is 1. The van der Waals surface area contributed by atoms with Crippen molar-refractivity contribution in [1.82, 2.24) is 9.88 Å². The molecule has 0 aliphatic heterocycles. The second kappa shape index (κ2) is 5.57. The lowest BCUT2D eigenvalue weighted by molar-refractivity contribution is 0.671. The van der Waals surface area contributed by atoms with Gasteiger partial charge in [-0.15, -0.1) is 0 Å². The van der Waals surface area contributed by atoms with Crippen LogP contribution < -0.4 is 5.32 Å². The first-order valence-corrected chi connectivity index (χ1v) is 6.91. The fourth-order valence-electron chi connectivity index (χ4n) is 2.80. The van der Waals surface area contributed by atoms with E-state index in [-0.39, 0.29) is 0 Å². The van der Waals surface area contributed by atoms with E-state index < -0.39 is 0 Å². The van der Waals surface area contributed by atoms with Crippen LogP contribution in [0.25, 0.3) is 10.9 Å². The summed E-state index contributed by atoms with van der Waals surface area (Å²) >= 11 is 0. The van der Waals surface area contributed by atoms with Crippen LogP contribution in [-0.2, 0) is 13.5 Å². The van der Waals surface area contributed by atoms with Gasteiger partial charge in [0.25, 0.3) is 0 Å². The maximum absolute atomic E-state index is 3.40. The molecular weight excluding hydrogens is 220 g/mol. The number of hydrogen-bond acceptors (Lipinski definition) is 1. The molecule has 0 fully saturated rings. The topological polar surface area (TPSA) is 17.0 Å². The molecule has 2 rings (SSSR count). The van der Waals surface area contributed by atoms with Crippen LogP contribution in [-0.4, -0.2) is 17.7 Å². The Morgan fingerprint density at radius 3 is 2.72 bits per heavy atom. The quantitative estimate of drug-likeness (QED) is 0.798. The predicted octanol–water partition coefficient (Wildman–Crippen LogP) is 3.34. The molecule has 0 radical (unpaired) electrons. The Kier molecular flexibility index (Phi) is 4.07. The van der Waals surface area contributed by atoms with Crippen LogP contribution in [0.4, 0.5) is 0 Å². The molecule has 1 aromatic carbocycles. The second-order valence-corrected chi connectivity index (χ2v) is 5.05. The molecule has 1 aromatic heterocycles. The zero-order chi connectivity index (χ0) is 13.1. The van der Waals surface area contributed by atoms with Crippen molar-refractivity contribution in [3.8, 4) is 0 Å². The van der Waals surface area contributed by atoms with E-state index >= 15 is 0 Å². The Balaban J connectivity index is 2.32. The van der Waals surface area contributed by atoms with E-state index in [2.05, 4.69) is 55.9 Å². The summed E-state index contributed by atoms with van der Waals surface area (Å²) in [4.78, 5) is 0. The lowest BCUT2D eigenvalue weighted by Gasteiger charge is -2.03. The first-order valence-electron chi connectivity index (χ1n) is 6.91. The number of benzene rings is 1. The van der Waals surface area contributed by atoms with E-state index in [4.69, 9.17) is 0 Å². The van der Waals surface area contributed by atoms with E-state index in [0.717, 1.165) is 13.1 Å². The third-order valence-corrected chi connectivity index (χ3v) is 3.87. The van der Waals surface area contributed by atoms with E-state index in [0.29, 0.717) is 0 Å². The highest BCUT2D eigenvalue weighted by atomic mass is 14.9. The molecule has 1 N–H and O–H groups in total. The maximum atomic E-state index is 3.40. The van der Waals surface area contributed by atoms with Gasteiger partial charge in [0.15, 0.2) is 0 Å². The zero-order valence-corrected chi connectivity index (χ0v) is 12.0. The molecule has 0 unspecified atom stereocenters. The van der Waals surface area contributed by atoms with Crippen LogP contribution in [0.5, 0.6) is 0 Å². The Hall–Kier alpha value is -1.28. The lowest BCUT2D eigenvalue weighted by atomic mass is 10.0. The van der Waals surface area contributed by atoms with Crippen molar-refractivity contribution in [2.24, 2.45) is 7.05 Å². The normalized spacial score (nSPS) is 11.3. The van der Waals surface area contributed by atoms with Gasteiger partial charge in [-0.05, 0) is 50.9 Å². The summed E-state index contributed by atoms with van der Waals surface area (Å²) in [5.41, 5.74) is 5.70. The van der Waals surface area contributed by atoms with E-state index in [9.17, 15) is 0 Å². The lowest BCUT2D eigenvalue weighted by Crippen LogP contribution is -2.14. The van der Waals surface area contributed by atoms with Gasteiger partial charge in [0.2, 0.25) is 0 Å². The summed E-state index contributed by atoms with van der Waals surface area (Å²) in [5, 5.41) is 4.83. The fraction of sp³-hybridized carbons (Fsp3) is 0.500. The maximum Gasteiger partial charge on any atom is 0.0512 e. The number of fused-ring (bicyclic) bond motifs is 1. The SMILES string of the molecule is CCNCCCc1c(C)n(C)c2c(C)cccc12. The summed E-state index contributed by atoms with van der Waals surface area (Å²) in [6.45, 7) is 8.77. The third kappa shape index (κ3) is 2.30. The largest absolute Gasteiger partial charge is 0.347 e. The Labute approximate surface area is 110 Å². The summed E-state index contributed by atoms with van der Waals surface area (Å²) in [5.74, 6) is 0. The van der Waals surface area contributed by atoms with E-state index in [1.165, 1.54) is 40.6 Å². The predicted molar refractivity (Wildman–Crippen MR) is 79.3 cm³/mol. The number of nitrogens with zero attached hydrogens (tertiary/aromatic N) is 1. The highest BCUT2D eigenvalue weighted by molar-refractivity contribution is 5.88. The zero-order valence-electron chi connectivity index (χ0n) is 12.0. The van der Waals surface area contributed by atoms with Crippen molar-refractivity contribution < 1.29 is 0 Å². The van der Waals surface area contributed by atoms with Gasteiger partial charge in [-0.3, -0.25) is 0 Å². The van der Waals surface area contributed by atoms with Gasteiger partial charge in [-0.25, -0.2) is 0 Å². The van der Waals surface area contributed by atoms with Gasteiger partial charge in [0, 0.05) is 18.1 Å². The van der Waals surface area contributed by atoms with Crippen LogP contribution in [0.15, 0.2) is 18.2 Å². The van der Waals surface area contributed by atoms with E-state index in [1.807, 2.05) is 0 Å². The summed E-state index contributed by atoms with van der Waals surface area (Å²) < 4.78 is 2.34. The Morgan fingerprint density at radius 2 is 2.00 bits per heavy atom. The molecule has 2 aromatic rings. The fourth-order valence-corrected chi connectivity index (χ4v) is 2.80. The number of hydrogen-bond donors (Lipinski definition) is 1. The molecular formula is C16H24N2. The average molecular weight is 244 g/mol. The molecule has 0 atom stereocenters. The van der Waals surface area contributed by atoms with Crippen LogP contribution in [0.1, 0.15) is 30.2 Å². The van der Waals surface area contributed by atoms with Crippen molar-refractivity contribution in [2.75, 3.05) is 13.1 Å². The molecule has 2 nitrogen and oxygen atoms in total. The highest BCUT2D eigenvalue weighted by Gasteiger charge is 2.12. The van der Waals surface area contributed by atoms with Crippen LogP contribution in [0, 0.1) is 13.8 Å². The number of para-hydroxylation sites is 1. The Morgan fingerprint density at radius 1 is 1.22 bits per heavy atom. The first-order chi connectivity index (χ1) is 8.66. The van der Waals surface area contributed by atoms with Gasteiger partial charge < -0.3 is 9.88 Å². The van der Waals surface area contributed by atoms with Crippen LogP contribution >= 0.6 is 0 Å². The molecule has 0 saturated heterocycles. The van der Waals surface area contributed by atoms with Gasteiger partial charge in [-0.2, -0.15) is 0 Å².